The highest BCUT2D eigenvalue weighted by molar-refractivity contribution is 14.0. The largest absolute Gasteiger partial charge is 0.444 e. The van der Waals surface area contributed by atoms with E-state index in [4.69, 9.17) is 4.74 Å². The van der Waals surface area contributed by atoms with Crippen LogP contribution in [0.4, 0.5) is 4.79 Å². The molecule has 166 valence electrons. The number of halogens is 1. The van der Waals surface area contributed by atoms with Gasteiger partial charge in [-0.05, 0) is 53.3 Å². The molecule has 1 amide bonds. The van der Waals surface area contributed by atoms with E-state index in [1.165, 1.54) is 5.56 Å². The maximum Gasteiger partial charge on any atom is 0.407 e. The maximum atomic E-state index is 11.6. The van der Waals surface area contributed by atoms with E-state index < -0.39 is 5.60 Å². The van der Waals surface area contributed by atoms with Crippen molar-refractivity contribution in [2.75, 3.05) is 40.8 Å². The highest BCUT2D eigenvalue weighted by Crippen LogP contribution is 2.07. The predicted octanol–water partition coefficient (Wildman–Crippen LogP) is 2.86. The molecular formula is C21H38IN5O2. The van der Waals surface area contributed by atoms with Crippen LogP contribution in [0.2, 0.25) is 0 Å². The minimum Gasteiger partial charge on any atom is -0.444 e. The molecule has 0 saturated carbocycles. The number of carbonyl (C=O) groups excluding carboxylic acids is 1. The van der Waals surface area contributed by atoms with Crippen LogP contribution >= 0.6 is 24.0 Å². The smallest absolute Gasteiger partial charge is 0.407 e. The summed E-state index contributed by atoms with van der Waals surface area (Å²) < 4.78 is 5.21. The molecule has 0 heterocycles. The normalized spacial score (nSPS) is 12.7. The molecule has 1 rings (SSSR count). The van der Waals surface area contributed by atoms with Gasteiger partial charge >= 0.3 is 6.09 Å². The molecule has 0 aliphatic heterocycles. The summed E-state index contributed by atoms with van der Waals surface area (Å²) in [5.74, 6) is 0.761. The minimum atomic E-state index is -0.475. The van der Waals surface area contributed by atoms with E-state index in [2.05, 4.69) is 64.2 Å². The molecule has 0 spiro atoms. The Labute approximate surface area is 193 Å². The van der Waals surface area contributed by atoms with Crippen LogP contribution in [0.15, 0.2) is 35.3 Å². The number of hydrogen-bond donors (Lipinski definition) is 3. The summed E-state index contributed by atoms with van der Waals surface area (Å²) in [5.41, 5.74) is 0.843. The first-order valence-corrected chi connectivity index (χ1v) is 9.83. The summed E-state index contributed by atoms with van der Waals surface area (Å²) >= 11 is 0. The Bertz CT molecular complexity index is 603. The fourth-order valence-electron chi connectivity index (χ4n) is 2.56. The second-order valence-corrected chi connectivity index (χ2v) is 7.97. The SMILES string of the molecule is CN=C(NCCCNC(=O)OC(C)(C)C)NCC(Cc1ccccc1)N(C)C.I. The van der Waals surface area contributed by atoms with Gasteiger partial charge in [-0.2, -0.15) is 0 Å². The number of carbonyl (C=O) groups is 1. The molecule has 1 unspecified atom stereocenters. The van der Waals surface area contributed by atoms with Gasteiger partial charge in [0.25, 0.3) is 0 Å². The molecular weight excluding hydrogens is 481 g/mol. The van der Waals surface area contributed by atoms with Gasteiger partial charge in [0.05, 0.1) is 0 Å². The second-order valence-electron chi connectivity index (χ2n) is 7.97. The Kier molecular flexibility index (Phi) is 13.7. The predicted molar refractivity (Wildman–Crippen MR) is 131 cm³/mol. The molecule has 0 saturated heterocycles. The third-order valence-electron chi connectivity index (χ3n) is 4.09. The van der Waals surface area contributed by atoms with E-state index in [-0.39, 0.29) is 30.1 Å². The molecule has 0 aromatic heterocycles. The molecule has 0 radical (unpaired) electrons. The summed E-state index contributed by atoms with van der Waals surface area (Å²) in [6, 6.07) is 10.8. The van der Waals surface area contributed by atoms with E-state index in [1.54, 1.807) is 7.05 Å². The number of rotatable bonds is 9. The van der Waals surface area contributed by atoms with E-state index in [9.17, 15) is 4.79 Å². The van der Waals surface area contributed by atoms with Gasteiger partial charge in [0.2, 0.25) is 0 Å². The molecule has 0 fully saturated rings. The lowest BCUT2D eigenvalue weighted by Crippen LogP contribution is -2.46. The molecule has 0 aliphatic carbocycles. The average molecular weight is 519 g/mol. The number of hydrogen-bond acceptors (Lipinski definition) is 4. The van der Waals surface area contributed by atoms with Crippen molar-refractivity contribution >= 4 is 36.0 Å². The number of nitrogens with one attached hydrogen (secondary N) is 3. The Morgan fingerprint density at radius 1 is 1.10 bits per heavy atom. The molecule has 0 aliphatic rings. The molecule has 1 aromatic carbocycles. The lowest BCUT2D eigenvalue weighted by atomic mass is 10.1. The van der Waals surface area contributed by atoms with Crippen molar-refractivity contribution in [1.29, 1.82) is 0 Å². The molecule has 0 bridgehead atoms. The van der Waals surface area contributed by atoms with Crippen LogP contribution in [0, 0.1) is 0 Å². The topological polar surface area (TPSA) is 78.0 Å². The van der Waals surface area contributed by atoms with Crippen LogP contribution in [0.5, 0.6) is 0 Å². The molecule has 8 heteroatoms. The lowest BCUT2D eigenvalue weighted by Gasteiger charge is -2.25. The van der Waals surface area contributed by atoms with E-state index >= 15 is 0 Å². The van der Waals surface area contributed by atoms with Crippen molar-refractivity contribution in [2.24, 2.45) is 4.99 Å². The van der Waals surface area contributed by atoms with Crippen LogP contribution in [0.25, 0.3) is 0 Å². The zero-order valence-corrected chi connectivity index (χ0v) is 20.9. The van der Waals surface area contributed by atoms with Gasteiger partial charge in [-0.15, -0.1) is 24.0 Å². The standard InChI is InChI=1S/C21H37N5O2.HI/c1-21(2,3)28-20(27)24-14-10-13-23-19(22-4)25-16-18(26(5)6)15-17-11-8-7-9-12-17;/h7-9,11-12,18H,10,13-16H2,1-6H3,(H,24,27)(H2,22,23,25);1H. The van der Waals surface area contributed by atoms with Gasteiger partial charge in [0, 0.05) is 32.7 Å². The van der Waals surface area contributed by atoms with Gasteiger partial charge in [-0.1, -0.05) is 30.3 Å². The Hall–Kier alpha value is -1.55. The monoisotopic (exact) mass is 519 g/mol. The quantitative estimate of drug-likeness (QED) is 0.203. The van der Waals surface area contributed by atoms with Crippen LogP contribution in [-0.2, 0) is 11.2 Å². The summed E-state index contributed by atoms with van der Waals surface area (Å²) in [6.07, 6.45) is 1.36. The number of aliphatic imine (C=N–C) groups is 1. The maximum absolute atomic E-state index is 11.6. The zero-order valence-electron chi connectivity index (χ0n) is 18.6. The van der Waals surface area contributed by atoms with Gasteiger partial charge in [0.15, 0.2) is 5.96 Å². The number of amides is 1. The van der Waals surface area contributed by atoms with E-state index in [1.807, 2.05) is 26.8 Å². The number of nitrogens with zero attached hydrogens (tertiary/aromatic N) is 2. The van der Waals surface area contributed by atoms with Crippen LogP contribution in [-0.4, -0.2) is 69.4 Å². The number of benzene rings is 1. The number of guanidine groups is 1. The van der Waals surface area contributed by atoms with Gasteiger partial charge in [-0.25, -0.2) is 4.79 Å². The summed E-state index contributed by atoms with van der Waals surface area (Å²) in [7, 11) is 5.94. The van der Waals surface area contributed by atoms with Crippen LogP contribution < -0.4 is 16.0 Å². The summed E-state index contributed by atoms with van der Waals surface area (Å²) in [5, 5.41) is 9.42. The van der Waals surface area contributed by atoms with Crippen molar-refractivity contribution in [1.82, 2.24) is 20.9 Å². The fourth-order valence-corrected chi connectivity index (χ4v) is 2.56. The number of ether oxygens (including phenoxy) is 1. The molecule has 1 aromatic rings. The van der Waals surface area contributed by atoms with Crippen molar-refractivity contribution in [2.45, 2.75) is 45.3 Å². The van der Waals surface area contributed by atoms with Crippen LogP contribution in [0.3, 0.4) is 0 Å². The molecule has 1 atom stereocenters. The molecule has 29 heavy (non-hydrogen) atoms. The minimum absolute atomic E-state index is 0. The highest BCUT2D eigenvalue weighted by atomic mass is 127. The van der Waals surface area contributed by atoms with E-state index in [0.29, 0.717) is 19.1 Å². The number of alkyl carbamates (subject to hydrolysis) is 1. The van der Waals surface area contributed by atoms with Crippen molar-refractivity contribution in [3.8, 4) is 0 Å². The first kappa shape index (κ1) is 27.5. The first-order chi connectivity index (χ1) is 13.2. The van der Waals surface area contributed by atoms with Gasteiger partial charge < -0.3 is 25.6 Å². The third kappa shape index (κ3) is 13.3. The third-order valence-corrected chi connectivity index (χ3v) is 4.09. The molecule has 7 nitrogen and oxygen atoms in total. The number of likely N-dealkylation sites (N-methyl/N-ethyl adjacent to an activating group) is 1. The second kappa shape index (κ2) is 14.4. The van der Waals surface area contributed by atoms with Crippen molar-refractivity contribution in [3.63, 3.8) is 0 Å². The van der Waals surface area contributed by atoms with Crippen molar-refractivity contribution in [3.05, 3.63) is 35.9 Å². The Morgan fingerprint density at radius 3 is 2.28 bits per heavy atom. The Morgan fingerprint density at radius 2 is 1.72 bits per heavy atom. The summed E-state index contributed by atoms with van der Waals surface area (Å²) in [4.78, 5) is 18.1. The lowest BCUT2D eigenvalue weighted by molar-refractivity contribution is 0.0527. The average Bonchev–Trinajstić information content (AvgIpc) is 2.62. The van der Waals surface area contributed by atoms with Gasteiger partial charge in [0.1, 0.15) is 5.60 Å². The highest BCUT2D eigenvalue weighted by Gasteiger charge is 2.15. The van der Waals surface area contributed by atoms with E-state index in [0.717, 1.165) is 25.3 Å². The Balaban J connectivity index is 0.00000784. The van der Waals surface area contributed by atoms with Crippen LogP contribution in [0.1, 0.15) is 32.8 Å². The zero-order chi connectivity index (χ0) is 21.0. The first-order valence-electron chi connectivity index (χ1n) is 9.83. The summed E-state index contributed by atoms with van der Waals surface area (Å²) in [6.45, 7) is 7.60. The fraction of sp³-hybridized carbons (Fsp3) is 0.619. The van der Waals surface area contributed by atoms with Gasteiger partial charge in [-0.3, -0.25) is 4.99 Å². The molecule has 3 N–H and O–H groups in total. The van der Waals surface area contributed by atoms with Crippen molar-refractivity contribution < 1.29 is 9.53 Å².